The second-order valence-electron chi connectivity index (χ2n) is 19.9. The van der Waals surface area contributed by atoms with E-state index in [2.05, 4.69) is 69.4 Å². The highest BCUT2D eigenvalue weighted by atomic mass is 16.6. The van der Waals surface area contributed by atoms with E-state index in [0.29, 0.717) is 19.3 Å². The third-order valence-corrected chi connectivity index (χ3v) is 13.0. The number of carbonyl (C=O) groups is 3. The highest BCUT2D eigenvalue weighted by molar-refractivity contribution is 5.71. The number of carbonyl (C=O) groups excluding carboxylic acids is 3. The van der Waals surface area contributed by atoms with Gasteiger partial charge >= 0.3 is 17.9 Å². The molecule has 0 aromatic heterocycles. The average Bonchev–Trinajstić information content (AvgIpc) is 3.34. The smallest absolute Gasteiger partial charge is 0.306 e. The lowest BCUT2D eigenvalue weighted by atomic mass is 10.0. The second kappa shape index (κ2) is 57.0. The Morgan fingerprint density at radius 1 is 0.294 bits per heavy atom. The van der Waals surface area contributed by atoms with E-state index in [0.717, 1.165) is 116 Å². The number of hydrogen-bond donors (Lipinski definition) is 0. The van der Waals surface area contributed by atoms with Crippen LogP contribution in [0.2, 0.25) is 0 Å². The van der Waals surface area contributed by atoms with Crippen LogP contribution in [0, 0.1) is 0 Å². The van der Waals surface area contributed by atoms with Gasteiger partial charge in [-0.3, -0.25) is 14.4 Å². The van der Waals surface area contributed by atoms with Gasteiger partial charge in [-0.1, -0.05) is 268 Å². The van der Waals surface area contributed by atoms with Crippen molar-refractivity contribution < 1.29 is 28.6 Å². The van der Waals surface area contributed by atoms with Gasteiger partial charge in [0, 0.05) is 19.3 Å². The molecule has 6 nitrogen and oxygen atoms in total. The van der Waals surface area contributed by atoms with Crippen LogP contribution in [0.25, 0.3) is 0 Å². The van der Waals surface area contributed by atoms with Crippen molar-refractivity contribution in [2.75, 3.05) is 13.2 Å². The average molecular weight is 954 g/mol. The predicted molar refractivity (Wildman–Crippen MR) is 293 cm³/mol. The van der Waals surface area contributed by atoms with Gasteiger partial charge in [0.2, 0.25) is 0 Å². The molecule has 0 rings (SSSR count). The molecule has 0 aliphatic heterocycles. The summed E-state index contributed by atoms with van der Waals surface area (Å²) in [6.07, 6.45) is 69.8. The molecule has 0 aromatic rings. The van der Waals surface area contributed by atoms with E-state index < -0.39 is 6.10 Å². The van der Waals surface area contributed by atoms with Gasteiger partial charge in [-0.15, -0.1) is 0 Å². The van der Waals surface area contributed by atoms with Crippen LogP contribution in [0.15, 0.2) is 48.6 Å². The SMILES string of the molecule is CCC/C=C\C/C=C\CCCCCCCC(=O)OCC(COC(=O)CCCCCCCCCCCCCCCCCCCCCCCCCC)OC(=O)CCCCCCC/C=C\C/C=C\CCC. The van der Waals surface area contributed by atoms with Crippen molar-refractivity contribution in [2.24, 2.45) is 0 Å². The quantitative estimate of drug-likeness (QED) is 0.0262. The number of rotatable bonds is 54. The first-order chi connectivity index (χ1) is 33.5. The van der Waals surface area contributed by atoms with Crippen LogP contribution in [0.3, 0.4) is 0 Å². The highest BCUT2D eigenvalue weighted by Crippen LogP contribution is 2.17. The molecule has 1 atom stereocenters. The Bertz CT molecular complexity index is 1190. The van der Waals surface area contributed by atoms with Gasteiger partial charge in [-0.05, 0) is 70.6 Å². The van der Waals surface area contributed by atoms with Gasteiger partial charge in [0.15, 0.2) is 6.10 Å². The van der Waals surface area contributed by atoms with Crippen molar-refractivity contribution >= 4 is 17.9 Å². The van der Waals surface area contributed by atoms with Crippen molar-refractivity contribution in [2.45, 2.75) is 316 Å². The zero-order chi connectivity index (χ0) is 49.3. The highest BCUT2D eigenvalue weighted by Gasteiger charge is 2.19. The van der Waals surface area contributed by atoms with Crippen LogP contribution in [0.4, 0.5) is 0 Å². The molecule has 0 fully saturated rings. The molecule has 0 aliphatic rings. The topological polar surface area (TPSA) is 78.9 Å². The molecule has 68 heavy (non-hydrogen) atoms. The maximum Gasteiger partial charge on any atom is 0.306 e. The fourth-order valence-electron chi connectivity index (χ4n) is 8.58. The summed E-state index contributed by atoms with van der Waals surface area (Å²) in [5.74, 6) is -0.897. The van der Waals surface area contributed by atoms with Crippen LogP contribution in [0.1, 0.15) is 310 Å². The Hall–Kier alpha value is -2.63. The monoisotopic (exact) mass is 953 g/mol. The fourth-order valence-corrected chi connectivity index (χ4v) is 8.58. The van der Waals surface area contributed by atoms with Crippen molar-refractivity contribution in [1.82, 2.24) is 0 Å². The molecule has 396 valence electrons. The summed E-state index contributed by atoms with van der Waals surface area (Å²) >= 11 is 0. The number of hydrogen-bond acceptors (Lipinski definition) is 6. The van der Waals surface area contributed by atoms with Crippen molar-refractivity contribution in [3.8, 4) is 0 Å². The molecule has 0 N–H and O–H groups in total. The molecular formula is C62H112O6. The maximum absolute atomic E-state index is 12.8. The number of esters is 3. The van der Waals surface area contributed by atoms with Crippen LogP contribution < -0.4 is 0 Å². The lowest BCUT2D eigenvalue weighted by Gasteiger charge is -2.18. The van der Waals surface area contributed by atoms with E-state index in [1.165, 1.54) is 154 Å². The Labute approximate surface area is 422 Å². The number of ether oxygens (including phenoxy) is 3. The van der Waals surface area contributed by atoms with E-state index in [4.69, 9.17) is 14.2 Å². The summed E-state index contributed by atoms with van der Waals surface area (Å²) in [6, 6.07) is 0. The Kier molecular flexibility index (Phi) is 54.8. The summed E-state index contributed by atoms with van der Waals surface area (Å²) in [6.45, 7) is 6.52. The van der Waals surface area contributed by atoms with Gasteiger partial charge in [-0.25, -0.2) is 0 Å². The van der Waals surface area contributed by atoms with Gasteiger partial charge in [0.1, 0.15) is 13.2 Å². The molecule has 0 radical (unpaired) electrons. The largest absolute Gasteiger partial charge is 0.462 e. The maximum atomic E-state index is 12.8. The fraction of sp³-hybridized carbons (Fsp3) is 0.823. The molecule has 0 saturated carbocycles. The molecule has 0 heterocycles. The minimum Gasteiger partial charge on any atom is -0.462 e. The summed E-state index contributed by atoms with van der Waals surface area (Å²) < 4.78 is 16.8. The molecule has 0 bridgehead atoms. The second-order valence-corrected chi connectivity index (χ2v) is 19.9. The lowest BCUT2D eigenvalue weighted by Crippen LogP contribution is -2.30. The number of unbranched alkanes of at least 4 members (excludes halogenated alkanes) is 35. The molecule has 0 saturated heterocycles. The van der Waals surface area contributed by atoms with Gasteiger partial charge < -0.3 is 14.2 Å². The van der Waals surface area contributed by atoms with Crippen molar-refractivity contribution in [3.05, 3.63) is 48.6 Å². The standard InChI is InChI=1S/C62H112O6/c1-4-7-10-13-16-19-22-25-26-27-28-29-30-31-32-33-34-35-38-40-43-46-49-52-55-61(64)67-58-59(68-62(65)56-53-50-47-44-41-37-24-21-18-15-12-9-6-3)57-66-60(63)54-51-48-45-42-39-36-23-20-17-14-11-8-5-2/h11-12,14-15,20-21,23-24,59H,4-10,13,16-19,22,25-58H2,1-3H3/b14-11-,15-12-,23-20-,24-21-. The van der Waals surface area contributed by atoms with E-state index in [1.54, 1.807) is 0 Å². The third-order valence-electron chi connectivity index (χ3n) is 13.0. The summed E-state index contributed by atoms with van der Waals surface area (Å²) in [5, 5.41) is 0. The van der Waals surface area contributed by atoms with E-state index >= 15 is 0 Å². The van der Waals surface area contributed by atoms with Crippen molar-refractivity contribution in [3.63, 3.8) is 0 Å². The normalized spacial score (nSPS) is 12.3. The summed E-state index contributed by atoms with van der Waals surface area (Å²) in [5.41, 5.74) is 0. The van der Waals surface area contributed by atoms with Crippen LogP contribution in [-0.4, -0.2) is 37.2 Å². The Morgan fingerprint density at radius 3 is 0.868 bits per heavy atom. The van der Waals surface area contributed by atoms with Gasteiger partial charge in [-0.2, -0.15) is 0 Å². The Balaban J connectivity index is 4.23. The first-order valence-electron chi connectivity index (χ1n) is 29.6. The minimum absolute atomic E-state index is 0.0807. The summed E-state index contributed by atoms with van der Waals surface area (Å²) in [7, 11) is 0. The molecule has 0 aliphatic carbocycles. The van der Waals surface area contributed by atoms with Gasteiger partial charge in [0.05, 0.1) is 0 Å². The molecule has 6 heteroatoms. The molecular weight excluding hydrogens is 841 g/mol. The van der Waals surface area contributed by atoms with E-state index in [1.807, 2.05) is 0 Å². The van der Waals surface area contributed by atoms with Gasteiger partial charge in [0.25, 0.3) is 0 Å². The molecule has 0 spiro atoms. The predicted octanol–water partition coefficient (Wildman–Crippen LogP) is 19.8. The molecule has 0 amide bonds. The van der Waals surface area contributed by atoms with E-state index in [-0.39, 0.29) is 31.1 Å². The minimum atomic E-state index is -0.784. The third kappa shape index (κ3) is 54.3. The summed E-state index contributed by atoms with van der Waals surface area (Å²) in [4.78, 5) is 38.1. The first-order valence-corrected chi connectivity index (χ1v) is 29.6. The van der Waals surface area contributed by atoms with Crippen molar-refractivity contribution in [1.29, 1.82) is 0 Å². The lowest BCUT2D eigenvalue weighted by molar-refractivity contribution is -0.167. The molecule has 0 aromatic carbocycles. The number of allylic oxidation sites excluding steroid dienone is 8. The molecule has 1 unspecified atom stereocenters. The van der Waals surface area contributed by atoms with Crippen LogP contribution in [0.5, 0.6) is 0 Å². The van der Waals surface area contributed by atoms with E-state index in [9.17, 15) is 14.4 Å². The van der Waals surface area contributed by atoms with Crippen LogP contribution >= 0.6 is 0 Å². The van der Waals surface area contributed by atoms with Crippen LogP contribution in [-0.2, 0) is 28.6 Å². The Morgan fingerprint density at radius 2 is 0.559 bits per heavy atom. The zero-order valence-corrected chi connectivity index (χ0v) is 45.4. The zero-order valence-electron chi connectivity index (χ0n) is 45.4. The first kappa shape index (κ1) is 65.4.